The highest BCUT2D eigenvalue weighted by Gasteiger charge is 2.46. The molecule has 1 N–H and O–H groups in total. The summed E-state index contributed by atoms with van der Waals surface area (Å²) in [4.78, 5) is 2.48. The highest BCUT2D eigenvalue weighted by molar-refractivity contribution is 7.88. The molecule has 23 heavy (non-hydrogen) atoms. The predicted molar refractivity (Wildman–Crippen MR) is 90.9 cm³/mol. The fraction of sp³-hybridized carbons (Fsp3) is 0.647. The van der Waals surface area contributed by atoms with Gasteiger partial charge in [0.25, 0.3) is 0 Å². The van der Waals surface area contributed by atoms with Gasteiger partial charge < -0.3 is 4.74 Å². The van der Waals surface area contributed by atoms with E-state index in [9.17, 15) is 8.42 Å². The van der Waals surface area contributed by atoms with Crippen molar-refractivity contribution in [3.8, 4) is 5.75 Å². The topological polar surface area (TPSA) is 58.6 Å². The number of nitrogens with one attached hydrogen (secondary N) is 1. The van der Waals surface area contributed by atoms with Gasteiger partial charge in [0.15, 0.2) is 0 Å². The summed E-state index contributed by atoms with van der Waals surface area (Å²) in [5.74, 6) is 0.907. The predicted octanol–water partition coefficient (Wildman–Crippen LogP) is 1.99. The number of hydrogen-bond acceptors (Lipinski definition) is 4. The van der Waals surface area contributed by atoms with Gasteiger partial charge in [0, 0.05) is 12.6 Å². The first kappa shape index (κ1) is 16.7. The molecule has 1 saturated heterocycles. The van der Waals surface area contributed by atoms with Gasteiger partial charge in [-0.15, -0.1) is 0 Å². The summed E-state index contributed by atoms with van der Waals surface area (Å²) in [5, 5.41) is 0. The zero-order valence-corrected chi connectivity index (χ0v) is 14.7. The number of likely N-dealkylation sites (tertiary alicyclic amines) is 1. The summed E-state index contributed by atoms with van der Waals surface area (Å²) in [7, 11) is -1.37. The molecule has 3 rings (SSSR count). The van der Waals surface area contributed by atoms with Crippen LogP contribution in [0.15, 0.2) is 24.3 Å². The SMILES string of the molecule is COc1cccc(CN2CCC3(CC2)CC(NS(C)(=O)=O)C3)c1. The summed E-state index contributed by atoms with van der Waals surface area (Å²) in [5.41, 5.74) is 1.65. The molecule has 0 bridgehead atoms. The van der Waals surface area contributed by atoms with Crippen molar-refractivity contribution < 1.29 is 13.2 Å². The molecular weight excluding hydrogens is 312 g/mol. The lowest BCUT2D eigenvalue weighted by Crippen LogP contribution is -2.54. The van der Waals surface area contributed by atoms with Gasteiger partial charge in [-0.2, -0.15) is 0 Å². The summed E-state index contributed by atoms with van der Waals surface area (Å²) in [6.45, 7) is 3.13. The Morgan fingerprint density at radius 3 is 2.61 bits per heavy atom. The Labute approximate surface area is 139 Å². The molecule has 1 aromatic rings. The lowest BCUT2D eigenvalue weighted by Gasteiger charge is -2.52. The number of hydrogen-bond donors (Lipinski definition) is 1. The molecule has 0 amide bonds. The van der Waals surface area contributed by atoms with Crippen LogP contribution < -0.4 is 9.46 Å². The largest absolute Gasteiger partial charge is 0.497 e. The summed E-state index contributed by atoms with van der Waals surface area (Å²) in [6, 6.07) is 8.39. The van der Waals surface area contributed by atoms with Crippen LogP contribution in [-0.2, 0) is 16.6 Å². The van der Waals surface area contributed by atoms with Crippen LogP contribution in [-0.4, -0.2) is 45.8 Å². The molecule has 6 heteroatoms. The third kappa shape index (κ3) is 4.25. The van der Waals surface area contributed by atoms with Gasteiger partial charge in [-0.1, -0.05) is 12.1 Å². The van der Waals surface area contributed by atoms with Crippen LogP contribution in [0.25, 0.3) is 0 Å². The minimum atomic E-state index is -3.07. The Kier molecular flexibility index (Phi) is 4.67. The first-order valence-electron chi connectivity index (χ1n) is 8.20. The number of rotatable bonds is 5. The second-order valence-corrected chi connectivity index (χ2v) is 8.90. The fourth-order valence-corrected chi connectivity index (χ4v) is 4.77. The third-order valence-electron chi connectivity index (χ3n) is 5.20. The molecule has 128 valence electrons. The van der Waals surface area contributed by atoms with Crippen molar-refractivity contribution in [2.24, 2.45) is 5.41 Å². The first-order chi connectivity index (χ1) is 10.9. The zero-order chi connectivity index (χ0) is 16.5. The second kappa shape index (κ2) is 6.42. The van der Waals surface area contributed by atoms with Gasteiger partial charge in [0.2, 0.25) is 10.0 Å². The lowest BCUT2D eigenvalue weighted by atomic mass is 9.60. The average molecular weight is 338 g/mol. The maximum absolute atomic E-state index is 11.3. The van der Waals surface area contributed by atoms with E-state index in [0.29, 0.717) is 5.41 Å². The minimum Gasteiger partial charge on any atom is -0.497 e. The van der Waals surface area contributed by atoms with Crippen molar-refractivity contribution >= 4 is 10.0 Å². The number of sulfonamides is 1. The molecule has 5 nitrogen and oxygen atoms in total. The summed E-state index contributed by atoms with van der Waals surface area (Å²) >= 11 is 0. The molecule has 0 radical (unpaired) electrons. The van der Waals surface area contributed by atoms with Crippen LogP contribution in [0, 0.1) is 5.41 Å². The zero-order valence-electron chi connectivity index (χ0n) is 13.9. The molecule has 1 aromatic carbocycles. The van der Waals surface area contributed by atoms with Gasteiger partial charge in [0.05, 0.1) is 13.4 Å². The van der Waals surface area contributed by atoms with E-state index in [2.05, 4.69) is 21.8 Å². The molecule has 1 heterocycles. The number of ether oxygens (including phenoxy) is 1. The van der Waals surface area contributed by atoms with Crippen LogP contribution in [0.4, 0.5) is 0 Å². The first-order valence-corrected chi connectivity index (χ1v) is 10.1. The van der Waals surface area contributed by atoms with E-state index in [4.69, 9.17) is 4.74 Å². The van der Waals surface area contributed by atoms with Gasteiger partial charge in [-0.05, 0) is 61.9 Å². The molecule has 0 aromatic heterocycles. The summed E-state index contributed by atoms with van der Waals surface area (Å²) in [6.07, 6.45) is 5.56. The fourth-order valence-electron chi connectivity index (χ4n) is 3.99. The van der Waals surface area contributed by atoms with Crippen LogP contribution in [0.2, 0.25) is 0 Å². The van der Waals surface area contributed by atoms with Crippen LogP contribution in [0.1, 0.15) is 31.2 Å². The monoisotopic (exact) mass is 338 g/mol. The summed E-state index contributed by atoms with van der Waals surface area (Å²) < 4.78 is 30.6. The van der Waals surface area contributed by atoms with Crippen molar-refractivity contribution in [3.63, 3.8) is 0 Å². The Bertz CT molecular complexity index is 644. The van der Waals surface area contributed by atoms with E-state index in [1.54, 1.807) is 7.11 Å². The molecular formula is C17H26N2O3S. The number of nitrogens with zero attached hydrogens (tertiary/aromatic N) is 1. The molecule has 1 saturated carbocycles. The van der Waals surface area contributed by atoms with E-state index >= 15 is 0 Å². The number of methoxy groups -OCH3 is 1. The molecule has 1 spiro atoms. The molecule has 1 aliphatic heterocycles. The van der Waals surface area contributed by atoms with E-state index in [-0.39, 0.29) is 6.04 Å². The maximum atomic E-state index is 11.3. The minimum absolute atomic E-state index is 0.148. The Hall–Kier alpha value is -1.11. The number of piperidine rings is 1. The average Bonchev–Trinajstić information content (AvgIpc) is 2.46. The standard InChI is InChI=1S/C17H26N2O3S/c1-22-16-5-3-4-14(10-16)13-19-8-6-17(7-9-19)11-15(12-17)18-23(2,20)21/h3-5,10,15,18H,6-9,11-13H2,1-2H3. The Balaban J connectivity index is 1.48. The highest BCUT2D eigenvalue weighted by Crippen LogP contribution is 2.49. The smallest absolute Gasteiger partial charge is 0.208 e. The molecule has 1 aliphatic carbocycles. The van der Waals surface area contributed by atoms with Crippen LogP contribution in [0.3, 0.4) is 0 Å². The van der Waals surface area contributed by atoms with Crippen molar-refractivity contribution in [1.82, 2.24) is 9.62 Å². The van der Waals surface area contributed by atoms with E-state index in [1.165, 1.54) is 24.7 Å². The lowest BCUT2D eigenvalue weighted by molar-refractivity contribution is 0.0106. The molecule has 0 atom stereocenters. The van der Waals surface area contributed by atoms with Crippen molar-refractivity contribution in [1.29, 1.82) is 0 Å². The van der Waals surface area contributed by atoms with Crippen molar-refractivity contribution in [2.45, 2.75) is 38.3 Å². The highest BCUT2D eigenvalue weighted by atomic mass is 32.2. The van der Waals surface area contributed by atoms with Gasteiger partial charge in [-0.25, -0.2) is 13.1 Å². The third-order valence-corrected chi connectivity index (χ3v) is 5.96. The normalized spacial score (nSPS) is 22.0. The second-order valence-electron chi connectivity index (χ2n) is 7.12. The van der Waals surface area contributed by atoms with Gasteiger partial charge in [-0.3, -0.25) is 4.90 Å². The quantitative estimate of drug-likeness (QED) is 0.892. The Morgan fingerprint density at radius 2 is 2.00 bits per heavy atom. The van der Waals surface area contributed by atoms with Crippen molar-refractivity contribution in [3.05, 3.63) is 29.8 Å². The van der Waals surface area contributed by atoms with Gasteiger partial charge in [0.1, 0.15) is 5.75 Å². The molecule has 0 unspecified atom stereocenters. The molecule has 2 aliphatic rings. The van der Waals surface area contributed by atoms with Crippen LogP contribution >= 0.6 is 0 Å². The van der Waals surface area contributed by atoms with Crippen LogP contribution in [0.5, 0.6) is 5.75 Å². The molecule has 2 fully saturated rings. The van der Waals surface area contributed by atoms with E-state index in [0.717, 1.165) is 38.2 Å². The Morgan fingerprint density at radius 1 is 1.30 bits per heavy atom. The van der Waals surface area contributed by atoms with E-state index < -0.39 is 10.0 Å². The van der Waals surface area contributed by atoms with E-state index in [1.807, 2.05) is 12.1 Å². The van der Waals surface area contributed by atoms with Gasteiger partial charge >= 0.3 is 0 Å². The van der Waals surface area contributed by atoms with Crippen molar-refractivity contribution in [2.75, 3.05) is 26.5 Å². The maximum Gasteiger partial charge on any atom is 0.208 e. The number of benzene rings is 1.